The number of methoxy groups -OCH3 is 1. The summed E-state index contributed by atoms with van der Waals surface area (Å²) in [4.78, 5) is 30.0. The predicted molar refractivity (Wildman–Crippen MR) is 100 cm³/mol. The molecule has 3 aromatic rings. The van der Waals surface area contributed by atoms with Gasteiger partial charge in [-0.3, -0.25) is 10.1 Å². The Labute approximate surface area is 159 Å². The Balaban J connectivity index is 1.84. The number of nitro benzene ring substituents is 1. The SMILES string of the molecule is COc1ccc(-c2coc(/N=C(\Cc3cccc([N+](=O)[O-])c3)C(=O)O)n2)cc1. The van der Waals surface area contributed by atoms with Gasteiger partial charge in [-0.15, -0.1) is 0 Å². The summed E-state index contributed by atoms with van der Waals surface area (Å²) in [6, 6.07) is 12.7. The van der Waals surface area contributed by atoms with Crippen molar-refractivity contribution in [1.82, 2.24) is 4.98 Å². The van der Waals surface area contributed by atoms with Crippen LogP contribution in [0.5, 0.6) is 5.75 Å². The lowest BCUT2D eigenvalue weighted by atomic mass is 10.1. The number of benzene rings is 2. The van der Waals surface area contributed by atoms with Crippen LogP contribution in [-0.4, -0.2) is 33.8 Å². The molecule has 0 aliphatic rings. The number of non-ortho nitro benzene ring substituents is 1. The van der Waals surface area contributed by atoms with Gasteiger partial charge < -0.3 is 14.3 Å². The van der Waals surface area contributed by atoms with Gasteiger partial charge in [0.25, 0.3) is 5.69 Å². The van der Waals surface area contributed by atoms with Crippen LogP contribution in [0.1, 0.15) is 5.56 Å². The van der Waals surface area contributed by atoms with Crippen molar-refractivity contribution in [3.63, 3.8) is 0 Å². The van der Waals surface area contributed by atoms with Crippen molar-refractivity contribution >= 4 is 23.4 Å². The molecule has 1 aromatic heterocycles. The van der Waals surface area contributed by atoms with E-state index in [1.807, 2.05) is 0 Å². The van der Waals surface area contributed by atoms with E-state index >= 15 is 0 Å². The van der Waals surface area contributed by atoms with E-state index < -0.39 is 10.9 Å². The fraction of sp³-hybridized carbons (Fsp3) is 0.105. The van der Waals surface area contributed by atoms with Gasteiger partial charge in [0.1, 0.15) is 23.4 Å². The Hall–Kier alpha value is -4.01. The molecule has 3 rings (SSSR count). The van der Waals surface area contributed by atoms with Crippen molar-refractivity contribution in [2.75, 3.05) is 7.11 Å². The van der Waals surface area contributed by atoms with Crippen LogP contribution < -0.4 is 4.74 Å². The van der Waals surface area contributed by atoms with E-state index in [0.717, 1.165) is 5.56 Å². The number of aliphatic carboxylic acids is 1. The number of rotatable bonds is 7. The van der Waals surface area contributed by atoms with Crippen LogP contribution in [0.25, 0.3) is 11.3 Å². The lowest BCUT2D eigenvalue weighted by Crippen LogP contribution is -2.15. The molecule has 9 heteroatoms. The molecule has 28 heavy (non-hydrogen) atoms. The molecule has 0 amide bonds. The van der Waals surface area contributed by atoms with E-state index in [1.165, 1.54) is 24.5 Å². The Kier molecular flexibility index (Phi) is 5.45. The van der Waals surface area contributed by atoms with Gasteiger partial charge in [0.05, 0.1) is 12.0 Å². The molecule has 0 aliphatic carbocycles. The van der Waals surface area contributed by atoms with Crippen molar-refractivity contribution in [3.8, 4) is 17.0 Å². The number of carboxylic acids is 1. The summed E-state index contributed by atoms with van der Waals surface area (Å²) in [5.41, 5.74) is 1.31. The minimum absolute atomic E-state index is 0.114. The first-order valence-electron chi connectivity index (χ1n) is 8.10. The van der Waals surface area contributed by atoms with Gasteiger partial charge in [0.2, 0.25) is 0 Å². The van der Waals surface area contributed by atoms with Crippen LogP contribution in [0.2, 0.25) is 0 Å². The molecule has 142 valence electrons. The average molecular weight is 381 g/mol. The summed E-state index contributed by atoms with van der Waals surface area (Å²) in [6.45, 7) is 0. The Bertz CT molecular complexity index is 1040. The summed E-state index contributed by atoms with van der Waals surface area (Å²) in [5.74, 6) is -0.577. The van der Waals surface area contributed by atoms with Crippen molar-refractivity contribution < 1.29 is 24.0 Å². The summed E-state index contributed by atoms with van der Waals surface area (Å²) in [5, 5.41) is 20.3. The van der Waals surface area contributed by atoms with Crippen molar-refractivity contribution in [2.45, 2.75) is 6.42 Å². The standard InChI is InChI=1S/C19H15N3O6/c1-27-15-7-5-13(6-8-15)17-11-28-19(21-17)20-16(18(23)24)10-12-3-2-4-14(9-12)22(25)26/h2-9,11H,10H2,1H3,(H,23,24)/b20-16+. The molecule has 0 aliphatic heterocycles. The highest BCUT2D eigenvalue weighted by molar-refractivity contribution is 6.36. The van der Waals surface area contributed by atoms with E-state index in [2.05, 4.69) is 9.98 Å². The largest absolute Gasteiger partial charge is 0.497 e. The maximum atomic E-state index is 11.5. The first-order chi connectivity index (χ1) is 13.5. The minimum Gasteiger partial charge on any atom is -0.497 e. The summed E-state index contributed by atoms with van der Waals surface area (Å²) in [6.07, 6.45) is 1.25. The van der Waals surface area contributed by atoms with Gasteiger partial charge >= 0.3 is 12.0 Å². The number of carboxylic acid groups (broad SMARTS) is 1. The number of carbonyl (C=O) groups is 1. The molecule has 2 aromatic carbocycles. The van der Waals surface area contributed by atoms with Crippen LogP contribution in [0.3, 0.4) is 0 Å². The second-order valence-electron chi connectivity index (χ2n) is 5.71. The van der Waals surface area contributed by atoms with Crippen molar-refractivity contribution in [3.05, 3.63) is 70.5 Å². The first kappa shape index (κ1) is 18.8. The zero-order chi connectivity index (χ0) is 20.1. The highest BCUT2D eigenvalue weighted by Gasteiger charge is 2.15. The molecular weight excluding hydrogens is 366 g/mol. The van der Waals surface area contributed by atoms with Crippen molar-refractivity contribution in [2.24, 2.45) is 4.99 Å². The molecule has 1 N–H and O–H groups in total. The summed E-state index contributed by atoms with van der Waals surface area (Å²) in [7, 11) is 1.56. The van der Waals surface area contributed by atoms with Gasteiger partial charge in [-0.25, -0.2) is 4.79 Å². The summed E-state index contributed by atoms with van der Waals surface area (Å²) < 4.78 is 10.4. The lowest BCUT2D eigenvalue weighted by molar-refractivity contribution is -0.384. The maximum absolute atomic E-state index is 11.5. The van der Waals surface area contributed by atoms with Gasteiger partial charge in [-0.1, -0.05) is 12.1 Å². The molecule has 9 nitrogen and oxygen atoms in total. The Morgan fingerprint density at radius 3 is 2.68 bits per heavy atom. The monoisotopic (exact) mass is 381 g/mol. The van der Waals surface area contributed by atoms with Crippen molar-refractivity contribution in [1.29, 1.82) is 0 Å². The quantitative estimate of drug-likeness (QED) is 0.376. The molecule has 0 saturated heterocycles. The third kappa shape index (κ3) is 4.39. The number of hydrogen-bond donors (Lipinski definition) is 1. The van der Waals surface area contributed by atoms with Crippen LogP contribution in [0.4, 0.5) is 11.7 Å². The minimum atomic E-state index is -1.27. The number of aromatic nitrogens is 1. The van der Waals surface area contributed by atoms with Gasteiger partial charge in [-0.2, -0.15) is 9.98 Å². The van der Waals surface area contributed by atoms with Crippen LogP contribution in [-0.2, 0) is 11.2 Å². The molecule has 0 bridgehead atoms. The molecule has 1 heterocycles. The van der Waals surface area contributed by atoms with Crippen LogP contribution >= 0.6 is 0 Å². The van der Waals surface area contributed by atoms with Gasteiger partial charge in [0, 0.05) is 24.1 Å². The fourth-order valence-electron chi connectivity index (χ4n) is 2.46. The first-order valence-corrected chi connectivity index (χ1v) is 8.10. The third-order valence-corrected chi connectivity index (χ3v) is 3.85. The average Bonchev–Trinajstić information content (AvgIpc) is 3.16. The van der Waals surface area contributed by atoms with E-state index in [1.54, 1.807) is 37.4 Å². The number of hydrogen-bond acceptors (Lipinski definition) is 7. The molecule has 0 atom stereocenters. The Morgan fingerprint density at radius 2 is 2.04 bits per heavy atom. The zero-order valence-corrected chi connectivity index (χ0v) is 14.7. The fourth-order valence-corrected chi connectivity index (χ4v) is 2.46. The molecule has 0 spiro atoms. The second-order valence-corrected chi connectivity index (χ2v) is 5.71. The van der Waals surface area contributed by atoms with Gasteiger partial charge in [0.15, 0.2) is 0 Å². The number of aliphatic imine (C=N–C) groups is 1. The topological polar surface area (TPSA) is 128 Å². The van der Waals surface area contributed by atoms with E-state index in [-0.39, 0.29) is 23.8 Å². The predicted octanol–water partition coefficient (Wildman–Crippen LogP) is 3.66. The van der Waals surface area contributed by atoms with E-state index in [9.17, 15) is 20.0 Å². The van der Waals surface area contributed by atoms with E-state index in [4.69, 9.17) is 9.15 Å². The van der Waals surface area contributed by atoms with E-state index in [0.29, 0.717) is 17.0 Å². The molecule has 0 radical (unpaired) electrons. The number of ether oxygens (including phenoxy) is 1. The second kappa shape index (κ2) is 8.12. The molecular formula is C19H15N3O6. The summed E-state index contributed by atoms with van der Waals surface area (Å²) >= 11 is 0. The number of nitro groups is 1. The zero-order valence-electron chi connectivity index (χ0n) is 14.7. The Morgan fingerprint density at radius 1 is 1.29 bits per heavy atom. The normalized spacial score (nSPS) is 11.2. The highest BCUT2D eigenvalue weighted by atomic mass is 16.6. The smallest absolute Gasteiger partial charge is 0.350 e. The molecule has 0 saturated carbocycles. The maximum Gasteiger partial charge on any atom is 0.350 e. The molecule has 0 fully saturated rings. The highest BCUT2D eigenvalue weighted by Crippen LogP contribution is 2.24. The lowest BCUT2D eigenvalue weighted by Gasteiger charge is -2.01. The van der Waals surface area contributed by atoms with Gasteiger partial charge in [-0.05, 0) is 29.8 Å². The number of oxazole rings is 1. The van der Waals surface area contributed by atoms with Crippen LogP contribution in [0, 0.1) is 10.1 Å². The molecule has 0 unspecified atom stereocenters. The number of nitrogens with zero attached hydrogens (tertiary/aromatic N) is 3. The van der Waals surface area contributed by atoms with Crippen LogP contribution in [0.15, 0.2) is 64.2 Å². The third-order valence-electron chi connectivity index (χ3n) is 3.85.